The molecule has 2 unspecified atom stereocenters. The van der Waals surface area contributed by atoms with Crippen LogP contribution >= 0.6 is 7.75 Å². The van der Waals surface area contributed by atoms with Crippen molar-refractivity contribution in [1.29, 1.82) is 0 Å². The summed E-state index contributed by atoms with van der Waals surface area (Å²) in [5.74, 6) is 0.241. The fraction of sp³-hybridized carbons (Fsp3) is 0.737. The third-order valence-electron chi connectivity index (χ3n) is 6.52. The Morgan fingerprint density at radius 1 is 1.41 bits per heavy atom. The third-order valence-corrected chi connectivity index (χ3v) is 8.20. The molecule has 2 saturated heterocycles. The molecule has 5 rings (SSSR count). The molecule has 5 atom stereocenters. The van der Waals surface area contributed by atoms with Crippen LogP contribution in [0.4, 0.5) is 5.95 Å². The minimum Gasteiger partial charge on any atom is -0.476 e. The van der Waals surface area contributed by atoms with E-state index in [4.69, 9.17) is 24.3 Å². The summed E-state index contributed by atoms with van der Waals surface area (Å²) in [5, 5.41) is 7.13. The molecule has 14 nitrogen and oxygen atoms in total. The first-order valence-electron chi connectivity index (χ1n) is 11.4. The molecule has 0 spiro atoms. The van der Waals surface area contributed by atoms with E-state index < -0.39 is 31.7 Å². The summed E-state index contributed by atoms with van der Waals surface area (Å²) in [4.78, 5) is 15.8. The van der Waals surface area contributed by atoms with Crippen LogP contribution in [0.5, 0.6) is 5.88 Å². The van der Waals surface area contributed by atoms with Gasteiger partial charge in [-0.15, -0.1) is 0 Å². The zero-order chi connectivity index (χ0) is 23.9. The van der Waals surface area contributed by atoms with Crippen molar-refractivity contribution in [2.45, 2.75) is 76.0 Å². The van der Waals surface area contributed by atoms with E-state index in [9.17, 15) is 10.1 Å². The molecule has 34 heavy (non-hydrogen) atoms. The highest BCUT2D eigenvalue weighted by Crippen LogP contribution is 2.57. The van der Waals surface area contributed by atoms with Crippen LogP contribution in [0.2, 0.25) is 0 Å². The van der Waals surface area contributed by atoms with Crippen LogP contribution in [0, 0.1) is 0 Å². The topological polar surface area (TPSA) is 184 Å². The molecule has 3 N–H and O–H groups in total. The Bertz CT molecular complexity index is 1160. The van der Waals surface area contributed by atoms with E-state index in [2.05, 4.69) is 30.1 Å². The van der Waals surface area contributed by atoms with Gasteiger partial charge in [-0.3, -0.25) is 13.6 Å². The zero-order valence-electron chi connectivity index (χ0n) is 19.0. The maximum absolute atomic E-state index is 13.5. The number of nitrogen functional groups attached to an aromatic ring is 1. The molecule has 2 aliphatic heterocycles. The third kappa shape index (κ3) is 4.00. The summed E-state index contributed by atoms with van der Waals surface area (Å²) in [6.45, 7) is 3.90. The molecule has 2 aromatic heterocycles. The number of ether oxygens (including phenoxy) is 2. The number of hydrogen-bond acceptors (Lipinski definition) is 10. The summed E-state index contributed by atoms with van der Waals surface area (Å²) >= 11 is 0. The summed E-state index contributed by atoms with van der Waals surface area (Å²) in [7, 11) is -3.64. The second-order valence-electron chi connectivity index (χ2n) is 8.87. The number of imidazole rings is 1. The Hall–Kier alpha value is -2.47. The van der Waals surface area contributed by atoms with Gasteiger partial charge in [-0.05, 0) is 32.2 Å². The second kappa shape index (κ2) is 8.95. The quantitative estimate of drug-likeness (QED) is 0.262. The lowest BCUT2D eigenvalue weighted by Gasteiger charge is -2.37. The molecule has 3 aliphatic rings. The number of nitrogens with two attached hydrogens (primary N) is 1. The predicted octanol–water partition coefficient (Wildman–Crippen LogP) is 3.22. The van der Waals surface area contributed by atoms with Gasteiger partial charge in [0.2, 0.25) is 11.8 Å². The number of hydrogen-bond donors (Lipinski definition) is 2. The van der Waals surface area contributed by atoms with E-state index in [0.29, 0.717) is 17.8 Å². The van der Waals surface area contributed by atoms with Gasteiger partial charge in [0.05, 0.1) is 19.5 Å². The van der Waals surface area contributed by atoms with Crippen molar-refractivity contribution in [1.82, 2.24) is 24.6 Å². The van der Waals surface area contributed by atoms with Crippen molar-refractivity contribution < 1.29 is 23.1 Å². The molecule has 184 valence electrons. The first-order chi connectivity index (χ1) is 16.4. The summed E-state index contributed by atoms with van der Waals surface area (Å²) in [6, 6.07) is 0.0502. The number of rotatable bonds is 6. The number of azide groups is 1. The zero-order valence-corrected chi connectivity index (χ0v) is 19.9. The van der Waals surface area contributed by atoms with Crippen LogP contribution < -0.4 is 15.6 Å². The maximum atomic E-state index is 13.5. The average Bonchev–Trinajstić information content (AvgIpc) is 3.33. The molecule has 0 amide bonds. The van der Waals surface area contributed by atoms with Gasteiger partial charge < -0.3 is 15.2 Å². The van der Waals surface area contributed by atoms with Crippen molar-refractivity contribution >= 4 is 24.9 Å². The van der Waals surface area contributed by atoms with Gasteiger partial charge in [0.25, 0.3) is 0 Å². The fourth-order valence-electron chi connectivity index (χ4n) is 4.93. The normalized spacial score (nSPS) is 34.0. The van der Waals surface area contributed by atoms with E-state index >= 15 is 0 Å². The van der Waals surface area contributed by atoms with E-state index in [1.165, 1.54) is 6.33 Å². The van der Waals surface area contributed by atoms with Gasteiger partial charge in [0.15, 0.2) is 17.4 Å². The minimum atomic E-state index is -3.64. The Kier molecular flexibility index (Phi) is 6.13. The minimum absolute atomic E-state index is 0.000586. The fourth-order valence-corrected chi connectivity index (χ4v) is 6.83. The monoisotopic (exact) mass is 493 g/mol. The van der Waals surface area contributed by atoms with Crippen LogP contribution in [0.3, 0.4) is 0 Å². The van der Waals surface area contributed by atoms with Crippen molar-refractivity contribution in [2.75, 3.05) is 18.9 Å². The van der Waals surface area contributed by atoms with Crippen molar-refractivity contribution in [3.8, 4) is 5.88 Å². The van der Waals surface area contributed by atoms with E-state index in [1.807, 2.05) is 6.92 Å². The lowest BCUT2D eigenvalue weighted by atomic mass is 9.93. The highest BCUT2D eigenvalue weighted by molar-refractivity contribution is 7.51. The number of fused-ring (bicyclic) bond motifs is 2. The molecule has 0 aromatic carbocycles. The van der Waals surface area contributed by atoms with Crippen LogP contribution in [-0.2, 0) is 18.3 Å². The van der Waals surface area contributed by atoms with E-state index in [-0.39, 0.29) is 24.5 Å². The maximum Gasteiger partial charge on any atom is 0.406 e. The van der Waals surface area contributed by atoms with Crippen LogP contribution in [0.15, 0.2) is 11.4 Å². The van der Waals surface area contributed by atoms with E-state index in [1.54, 1.807) is 11.5 Å². The lowest BCUT2D eigenvalue weighted by molar-refractivity contribution is -0.0590. The van der Waals surface area contributed by atoms with Crippen molar-refractivity contribution in [3.05, 3.63) is 16.8 Å². The number of nitrogens with one attached hydrogen (secondary N) is 1. The van der Waals surface area contributed by atoms with Gasteiger partial charge >= 0.3 is 7.75 Å². The van der Waals surface area contributed by atoms with E-state index in [0.717, 1.165) is 32.1 Å². The molecule has 0 bridgehead atoms. The predicted molar refractivity (Wildman–Crippen MR) is 121 cm³/mol. The SMILES string of the molecule is CCOc1nc(N)nc2c1ncn2C1O[C@@H]2COP(=O)(NC3CCCCC3)O[C@H]2[C@@]1(C)N=[N+]=[N-]. The highest BCUT2D eigenvalue weighted by atomic mass is 31.2. The largest absolute Gasteiger partial charge is 0.476 e. The van der Waals surface area contributed by atoms with Gasteiger partial charge in [0, 0.05) is 11.0 Å². The molecular weight excluding hydrogens is 465 g/mol. The van der Waals surface area contributed by atoms with Crippen LogP contribution in [0.25, 0.3) is 21.6 Å². The van der Waals surface area contributed by atoms with Crippen molar-refractivity contribution in [2.24, 2.45) is 5.11 Å². The molecule has 0 radical (unpaired) electrons. The first kappa shape index (κ1) is 23.3. The van der Waals surface area contributed by atoms with Gasteiger partial charge in [-0.25, -0.2) is 14.6 Å². The molecule has 4 heterocycles. The highest BCUT2D eigenvalue weighted by Gasteiger charge is 2.60. The summed E-state index contributed by atoms with van der Waals surface area (Å²) in [6.07, 6.45) is 4.26. The number of nitrogens with zero attached hydrogens (tertiary/aromatic N) is 7. The van der Waals surface area contributed by atoms with Gasteiger partial charge in [-0.1, -0.05) is 24.4 Å². The molecule has 3 fully saturated rings. The lowest BCUT2D eigenvalue weighted by Crippen LogP contribution is -2.48. The summed E-state index contributed by atoms with van der Waals surface area (Å²) < 4.78 is 38.5. The standard InChI is InChI=1S/C19H28N9O5P/c1-3-30-16-13-15(23-18(20)24-16)28(10-22-13)17-19(2,26-27-21)14-12(32-17)9-31-34(29,33-14)25-11-7-5-4-6-8-11/h10-12,14,17H,3-9H2,1-2H3,(H,25,29)(H2,20,23,24)/t12-,14-,17?,19-,34?/m1/s1. The number of aromatic nitrogens is 4. The first-order valence-corrected chi connectivity index (χ1v) is 13.0. The van der Waals surface area contributed by atoms with Gasteiger partial charge in [-0.2, -0.15) is 9.97 Å². The smallest absolute Gasteiger partial charge is 0.406 e. The molecule has 1 saturated carbocycles. The average molecular weight is 493 g/mol. The van der Waals surface area contributed by atoms with Gasteiger partial charge in [0.1, 0.15) is 17.7 Å². The molecule has 2 aromatic rings. The Morgan fingerprint density at radius 2 is 2.21 bits per heavy atom. The van der Waals surface area contributed by atoms with Crippen molar-refractivity contribution in [3.63, 3.8) is 0 Å². The Labute approximate surface area is 195 Å². The molecule has 15 heteroatoms. The number of anilines is 1. The second-order valence-corrected chi connectivity index (χ2v) is 10.6. The molecular formula is C19H28N9O5P. The Balaban J connectivity index is 1.49. The molecule has 1 aliphatic carbocycles. The summed E-state index contributed by atoms with van der Waals surface area (Å²) in [5.41, 5.74) is 14.7. The Morgan fingerprint density at radius 3 is 2.94 bits per heavy atom. The van der Waals surface area contributed by atoms with Crippen LogP contribution in [-0.4, -0.2) is 56.5 Å². The van der Waals surface area contributed by atoms with Crippen LogP contribution in [0.1, 0.15) is 52.2 Å².